The van der Waals surface area contributed by atoms with E-state index in [1.165, 1.54) is 12.1 Å². The molecule has 4 heteroatoms. The molecule has 2 nitrogen and oxygen atoms in total. The molecule has 0 saturated carbocycles. The Morgan fingerprint density at radius 2 is 2.17 bits per heavy atom. The van der Waals surface area contributed by atoms with Gasteiger partial charge < -0.3 is 9.84 Å². The highest BCUT2D eigenvalue weighted by atomic mass is 32.2. The van der Waals surface area contributed by atoms with Crippen molar-refractivity contribution in [1.82, 2.24) is 0 Å². The average molecular weight is 270 g/mol. The van der Waals surface area contributed by atoms with Crippen LogP contribution >= 0.6 is 11.8 Å². The van der Waals surface area contributed by atoms with Crippen LogP contribution in [-0.2, 0) is 0 Å². The summed E-state index contributed by atoms with van der Waals surface area (Å²) in [5.41, 5.74) is 0.565. The third-order valence-electron chi connectivity index (χ3n) is 3.45. The smallest absolute Gasteiger partial charge is 0.124 e. The first-order valence-corrected chi connectivity index (χ1v) is 7.45. The maximum atomic E-state index is 13.3. The Balaban J connectivity index is 2.07. The lowest BCUT2D eigenvalue weighted by atomic mass is 9.92. The minimum Gasteiger partial charge on any atom is -0.496 e. The van der Waals surface area contributed by atoms with E-state index in [1.807, 2.05) is 11.8 Å². The van der Waals surface area contributed by atoms with Crippen molar-refractivity contribution >= 4 is 11.8 Å². The van der Waals surface area contributed by atoms with E-state index in [1.54, 1.807) is 13.2 Å². The van der Waals surface area contributed by atoms with Crippen LogP contribution in [0.2, 0.25) is 0 Å². The summed E-state index contributed by atoms with van der Waals surface area (Å²) in [6.07, 6.45) is 2.34. The zero-order chi connectivity index (χ0) is 13.0. The van der Waals surface area contributed by atoms with Crippen molar-refractivity contribution in [3.8, 4) is 5.75 Å². The summed E-state index contributed by atoms with van der Waals surface area (Å²) >= 11 is 1.97. The summed E-state index contributed by atoms with van der Waals surface area (Å²) in [5.74, 6) is 3.10. The van der Waals surface area contributed by atoms with Crippen LogP contribution in [0.1, 0.15) is 30.9 Å². The fourth-order valence-electron chi connectivity index (χ4n) is 2.39. The topological polar surface area (TPSA) is 29.5 Å². The molecule has 18 heavy (non-hydrogen) atoms. The summed E-state index contributed by atoms with van der Waals surface area (Å²) in [6.45, 7) is 0. The molecule has 100 valence electrons. The molecule has 0 radical (unpaired) electrons. The number of thioether (sulfide) groups is 1. The molecule has 1 aromatic carbocycles. The second-order valence-corrected chi connectivity index (χ2v) is 5.92. The van der Waals surface area contributed by atoms with Gasteiger partial charge in [-0.3, -0.25) is 0 Å². The lowest BCUT2D eigenvalue weighted by molar-refractivity contribution is 0.137. The summed E-state index contributed by atoms with van der Waals surface area (Å²) in [4.78, 5) is 0. The Kier molecular flexibility index (Phi) is 4.89. The first-order valence-electron chi connectivity index (χ1n) is 6.30. The molecule has 1 atom stereocenters. The quantitative estimate of drug-likeness (QED) is 0.909. The molecule has 0 aliphatic carbocycles. The van der Waals surface area contributed by atoms with Crippen molar-refractivity contribution in [2.75, 3.05) is 18.6 Å². The number of aliphatic hydroxyl groups excluding tert-OH is 1. The Morgan fingerprint density at radius 1 is 1.44 bits per heavy atom. The number of rotatable bonds is 4. The Labute approximate surface area is 112 Å². The first-order chi connectivity index (χ1) is 8.70. The Hall–Kier alpha value is -0.740. The maximum absolute atomic E-state index is 13.3. The number of aliphatic hydroxyl groups is 1. The van der Waals surface area contributed by atoms with Gasteiger partial charge in [0.15, 0.2) is 0 Å². The largest absolute Gasteiger partial charge is 0.496 e. The van der Waals surface area contributed by atoms with Crippen molar-refractivity contribution in [2.45, 2.75) is 25.4 Å². The molecule has 0 aromatic heterocycles. The SMILES string of the molecule is COc1ccc(F)cc1C(O)CC1CCSCC1. The number of hydrogen-bond acceptors (Lipinski definition) is 3. The number of halogens is 1. The van der Waals surface area contributed by atoms with Gasteiger partial charge in [-0.25, -0.2) is 4.39 Å². The van der Waals surface area contributed by atoms with E-state index in [2.05, 4.69) is 0 Å². The maximum Gasteiger partial charge on any atom is 0.124 e. The van der Waals surface area contributed by atoms with Crippen LogP contribution in [-0.4, -0.2) is 23.7 Å². The molecule has 0 amide bonds. The van der Waals surface area contributed by atoms with E-state index in [-0.39, 0.29) is 5.82 Å². The van der Waals surface area contributed by atoms with Crippen molar-refractivity contribution in [2.24, 2.45) is 5.92 Å². The molecule has 0 spiro atoms. The van der Waals surface area contributed by atoms with Crippen LogP contribution in [0.4, 0.5) is 4.39 Å². The molecular weight excluding hydrogens is 251 g/mol. The highest BCUT2D eigenvalue weighted by Gasteiger charge is 2.21. The molecule has 1 N–H and O–H groups in total. The highest BCUT2D eigenvalue weighted by molar-refractivity contribution is 7.99. The Morgan fingerprint density at radius 3 is 2.83 bits per heavy atom. The third kappa shape index (κ3) is 3.39. The lowest BCUT2D eigenvalue weighted by Crippen LogP contribution is -2.14. The number of ether oxygens (including phenoxy) is 1. The van der Waals surface area contributed by atoms with Crippen molar-refractivity contribution in [1.29, 1.82) is 0 Å². The van der Waals surface area contributed by atoms with Gasteiger partial charge in [-0.05, 0) is 54.9 Å². The number of benzene rings is 1. The van der Waals surface area contributed by atoms with Crippen LogP contribution < -0.4 is 4.74 Å². The lowest BCUT2D eigenvalue weighted by Gasteiger charge is -2.24. The molecule has 0 bridgehead atoms. The van der Waals surface area contributed by atoms with Crippen LogP contribution in [0.15, 0.2) is 18.2 Å². The molecule has 2 rings (SSSR count). The molecule has 1 aliphatic heterocycles. The van der Waals surface area contributed by atoms with Gasteiger partial charge >= 0.3 is 0 Å². The fraction of sp³-hybridized carbons (Fsp3) is 0.571. The molecule has 1 aliphatic rings. The van der Waals surface area contributed by atoms with Gasteiger partial charge in [0.25, 0.3) is 0 Å². The summed E-state index contributed by atoms with van der Waals surface area (Å²) in [6, 6.07) is 4.30. The monoisotopic (exact) mass is 270 g/mol. The standard InChI is InChI=1S/C14H19FO2S/c1-17-14-3-2-11(15)9-12(14)13(16)8-10-4-6-18-7-5-10/h2-3,9-10,13,16H,4-8H2,1H3. The molecule has 1 aromatic rings. The van der Waals surface area contributed by atoms with Crippen LogP contribution in [0.5, 0.6) is 5.75 Å². The van der Waals surface area contributed by atoms with Gasteiger partial charge in [0.2, 0.25) is 0 Å². The van der Waals surface area contributed by atoms with Gasteiger partial charge in [-0.15, -0.1) is 0 Å². The predicted octanol–water partition coefficient (Wildman–Crippen LogP) is 3.40. The van der Waals surface area contributed by atoms with E-state index in [4.69, 9.17) is 4.74 Å². The van der Waals surface area contributed by atoms with E-state index < -0.39 is 6.10 Å². The van der Waals surface area contributed by atoms with Gasteiger partial charge in [0, 0.05) is 5.56 Å². The summed E-state index contributed by atoms with van der Waals surface area (Å²) < 4.78 is 18.4. The normalized spacial score (nSPS) is 18.6. The minimum absolute atomic E-state index is 0.330. The van der Waals surface area contributed by atoms with Crippen LogP contribution in [0.3, 0.4) is 0 Å². The molecule has 1 saturated heterocycles. The summed E-state index contributed by atoms with van der Waals surface area (Å²) in [7, 11) is 1.54. The van der Waals surface area contributed by atoms with Gasteiger partial charge in [-0.1, -0.05) is 0 Å². The number of hydrogen-bond donors (Lipinski definition) is 1. The van der Waals surface area contributed by atoms with Gasteiger partial charge in [0.1, 0.15) is 11.6 Å². The van der Waals surface area contributed by atoms with Gasteiger partial charge in [-0.2, -0.15) is 11.8 Å². The zero-order valence-corrected chi connectivity index (χ0v) is 11.4. The van der Waals surface area contributed by atoms with Crippen LogP contribution in [0, 0.1) is 11.7 Å². The average Bonchev–Trinajstić information content (AvgIpc) is 2.40. The first kappa shape index (κ1) is 13.7. The zero-order valence-electron chi connectivity index (χ0n) is 10.6. The fourth-order valence-corrected chi connectivity index (χ4v) is 3.59. The third-order valence-corrected chi connectivity index (χ3v) is 4.50. The highest BCUT2D eigenvalue weighted by Crippen LogP contribution is 2.34. The predicted molar refractivity (Wildman–Crippen MR) is 72.6 cm³/mol. The molecule has 1 fully saturated rings. The van der Waals surface area contributed by atoms with Crippen molar-refractivity contribution in [3.05, 3.63) is 29.6 Å². The van der Waals surface area contributed by atoms with E-state index in [0.29, 0.717) is 23.7 Å². The minimum atomic E-state index is -0.635. The molecule has 1 unspecified atom stereocenters. The second kappa shape index (κ2) is 6.43. The van der Waals surface area contributed by atoms with E-state index in [9.17, 15) is 9.50 Å². The number of methoxy groups -OCH3 is 1. The van der Waals surface area contributed by atoms with Gasteiger partial charge in [0.05, 0.1) is 13.2 Å². The van der Waals surface area contributed by atoms with Crippen molar-refractivity contribution < 1.29 is 14.2 Å². The van der Waals surface area contributed by atoms with Crippen molar-refractivity contribution in [3.63, 3.8) is 0 Å². The molecule has 1 heterocycles. The molecular formula is C14H19FO2S. The summed E-state index contributed by atoms with van der Waals surface area (Å²) in [5, 5.41) is 10.3. The van der Waals surface area contributed by atoms with E-state index in [0.717, 1.165) is 24.3 Å². The second-order valence-electron chi connectivity index (χ2n) is 4.69. The Bertz CT molecular complexity index is 391. The van der Waals surface area contributed by atoms with E-state index >= 15 is 0 Å². The van der Waals surface area contributed by atoms with Crippen LogP contribution in [0.25, 0.3) is 0 Å².